The number of aromatic nitrogens is 2. The molecule has 0 aromatic carbocycles. The molecule has 2 aliphatic heterocycles. The van der Waals surface area contributed by atoms with Crippen LogP contribution in [-0.4, -0.2) is 47.1 Å². The van der Waals surface area contributed by atoms with Crippen molar-refractivity contribution in [1.29, 1.82) is 0 Å². The molecular formula is C15H24N4O. The standard InChI is InChI=1S/C15H24N4O/c1-11(2)15-16-13(9-14(20)17-15)19-8-7-18-6-4-3-5-12(18)10-19/h9,11-12H,3-8,10H2,1-2H3,(H,16,17,20). The van der Waals surface area contributed by atoms with Gasteiger partial charge in [0.15, 0.2) is 0 Å². The summed E-state index contributed by atoms with van der Waals surface area (Å²) in [6, 6.07) is 2.28. The van der Waals surface area contributed by atoms with Gasteiger partial charge in [-0.25, -0.2) is 4.98 Å². The summed E-state index contributed by atoms with van der Waals surface area (Å²) in [7, 11) is 0. The molecule has 2 saturated heterocycles. The van der Waals surface area contributed by atoms with E-state index in [9.17, 15) is 4.79 Å². The number of piperidine rings is 1. The molecule has 2 fully saturated rings. The molecule has 0 amide bonds. The number of anilines is 1. The Bertz CT molecular complexity index is 525. The monoisotopic (exact) mass is 276 g/mol. The van der Waals surface area contributed by atoms with E-state index < -0.39 is 0 Å². The molecule has 20 heavy (non-hydrogen) atoms. The highest BCUT2D eigenvalue weighted by atomic mass is 16.1. The van der Waals surface area contributed by atoms with Gasteiger partial charge in [0, 0.05) is 37.7 Å². The van der Waals surface area contributed by atoms with Crippen LogP contribution in [0, 0.1) is 0 Å². The number of hydrogen-bond acceptors (Lipinski definition) is 4. The number of H-pyrrole nitrogens is 1. The van der Waals surface area contributed by atoms with E-state index in [4.69, 9.17) is 0 Å². The molecular weight excluding hydrogens is 252 g/mol. The first-order valence-electron chi connectivity index (χ1n) is 7.74. The quantitative estimate of drug-likeness (QED) is 0.891. The number of fused-ring (bicyclic) bond motifs is 1. The first kappa shape index (κ1) is 13.6. The molecule has 5 heteroatoms. The third kappa shape index (κ3) is 2.73. The Hall–Kier alpha value is -1.36. The van der Waals surface area contributed by atoms with E-state index in [1.807, 2.05) is 0 Å². The SMILES string of the molecule is CC(C)c1nc(N2CCN3CCCCC3C2)cc(=O)[nH]1. The molecule has 0 radical (unpaired) electrons. The molecule has 1 aromatic heterocycles. The van der Waals surface area contributed by atoms with Crippen LogP contribution in [0.1, 0.15) is 44.9 Å². The zero-order chi connectivity index (χ0) is 14.1. The van der Waals surface area contributed by atoms with E-state index in [-0.39, 0.29) is 11.5 Å². The van der Waals surface area contributed by atoms with Gasteiger partial charge in [0.1, 0.15) is 11.6 Å². The summed E-state index contributed by atoms with van der Waals surface area (Å²) in [5.74, 6) is 1.89. The molecule has 0 aliphatic carbocycles. The van der Waals surface area contributed by atoms with Gasteiger partial charge in [-0.3, -0.25) is 9.69 Å². The lowest BCUT2D eigenvalue weighted by atomic mass is 9.99. The molecule has 1 aromatic rings. The van der Waals surface area contributed by atoms with Crippen LogP contribution in [0.4, 0.5) is 5.82 Å². The summed E-state index contributed by atoms with van der Waals surface area (Å²) in [6.07, 6.45) is 3.93. The number of nitrogens with zero attached hydrogens (tertiary/aromatic N) is 3. The predicted molar refractivity (Wildman–Crippen MR) is 80.4 cm³/mol. The van der Waals surface area contributed by atoms with E-state index in [2.05, 4.69) is 33.6 Å². The van der Waals surface area contributed by atoms with Crippen molar-refractivity contribution in [2.75, 3.05) is 31.1 Å². The molecule has 2 aliphatic rings. The van der Waals surface area contributed by atoms with E-state index in [0.29, 0.717) is 6.04 Å². The Kier molecular flexibility index (Phi) is 3.78. The molecule has 0 bridgehead atoms. The Balaban J connectivity index is 1.81. The summed E-state index contributed by atoms with van der Waals surface area (Å²) in [6.45, 7) is 8.43. The third-order valence-electron chi connectivity index (χ3n) is 4.45. The van der Waals surface area contributed by atoms with Crippen LogP contribution in [-0.2, 0) is 0 Å². The van der Waals surface area contributed by atoms with Crippen LogP contribution in [0.25, 0.3) is 0 Å². The first-order chi connectivity index (χ1) is 9.63. The third-order valence-corrected chi connectivity index (χ3v) is 4.45. The highest BCUT2D eigenvalue weighted by Crippen LogP contribution is 2.23. The van der Waals surface area contributed by atoms with Gasteiger partial charge in [0.2, 0.25) is 0 Å². The average Bonchev–Trinajstić information content (AvgIpc) is 2.46. The van der Waals surface area contributed by atoms with Gasteiger partial charge >= 0.3 is 0 Å². The molecule has 110 valence electrons. The average molecular weight is 276 g/mol. The highest BCUT2D eigenvalue weighted by molar-refractivity contribution is 5.39. The lowest BCUT2D eigenvalue weighted by Crippen LogP contribution is -2.55. The van der Waals surface area contributed by atoms with Crippen molar-refractivity contribution >= 4 is 5.82 Å². The van der Waals surface area contributed by atoms with Crippen molar-refractivity contribution in [1.82, 2.24) is 14.9 Å². The lowest BCUT2D eigenvalue weighted by Gasteiger charge is -2.44. The van der Waals surface area contributed by atoms with Gasteiger partial charge < -0.3 is 9.88 Å². The Morgan fingerprint density at radius 1 is 1.30 bits per heavy atom. The maximum Gasteiger partial charge on any atom is 0.252 e. The van der Waals surface area contributed by atoms with E-state index in [1.54, 1.807) is 6.07 Å². The normalized spacial score (nSPS) is 23.9. The first-order valence-corrected chi connectivity index (χ1v) is 7.74. The molecule has 3 heterocycles. The Morgan fingerprint density at radius 2 is 2.15 bits per heavy atom. The van der Waals surface area contributed by atoms with Gasteiger partial charge in [-0.2, -0.15) is 0 Å². The molecule has 5 nitrogen and oxygen atoms in total. The second-order valence-electron chi connectivity index (χ2n) is 6.28. The zero-order valence-corrected chi connectivity index (χ0v) is 12.4. The van der Waals surface area contributed by atoms with Gasteiger partial charge in [-0.05, 0) is 19.4 Å². The van der Waals surface area contributed by atoms with Gasteiger partial charge in [0.05, 0.1) is 0 Å². The molecule has 3 rings (SSSR count). The molecule has 1 unspecified atom stereocenters. The van der Waals surface area contributed by atoms with E-state index in [1.165, 1.54) is 25.8 Å². The van der Waals surface area contributed by atoms with Crippen LogP contribution < -0.4 is 10.5 Å². The van der Waals surface area contributed by atoms with Crippen LogP contribution in [0.15, 0.2) is 10.9 Å². The minimum Gasteiger partial charge on any atom is -0.354 e. The van der Waals surface area contributed by atoms with Crippen LogP contribution in [0.5, 0.6) is 0 Å². The van der Waals surface area contributed by atoms with Crippen molar-refractivity contribution < 1.29 is 0 Å². The second kappa shape index (κ2) is 5.56. The number of nitrogens with one attached hydrogen (secondary N) is 1. The summed E-state index contributed by atoms with van der Waals surface area (Å²) in [5.41, 5.74) is -0.0372. The van der Waals surface area contributed by atoms with Crippen LogP contribution in [0.2, 0.25) is 0 Å². The number of piperazine rings is 1. The smallest absolute Gasteiger partial charge is 0.252 e. The van der Waals surface area contributed by atoms with Crippen molar-refractivity contribution in [3.05, 3.63) is 22.2 Å². The van der Waals surface area contributed by atoms with Crippen molar-refractivity contribution in [3.63, 3.8) is 0 Å². The second-order valence-corrected chi connectivity index (χ2v) is 6.28. The lowest BCUT2D eigenvalue weighted by molar-refractivity contribution is 0.133. The van der Waals surface area contributed by atoms with Gasteiger partial charge in [-0.1, -0.05) is 20.3 Å². The molecule has 0 saturated carbocycles. The predicted octanol–water partition coefficient (Wildman–Crippen LogP) is 1.57. The maximum absolute atomic E-state index is 11.8. The minimum atomic E-state index is -0.0372. The van der Waals surface area contributed by atoms with Gasteiger partial charge in [0.25, 0.3) is 5.56 Å². The summed E-state index contributed by atoms with van der Waals surface area (Å²) in [5, 5.41) is 0. The summed E-state index contributed by atoms with van der Waals surface area (Å²) < 4.78 is 0. The maximum atomic E-state index is 11.8. The van der Waals surface area contributed by atoms with Crippen molar-refractivity contribution in [2.24, 2.45) is 0 Å². The van der Waals surface area contributed by atoms with Crippen LogP contribution >= 0.6 is 0 Å². The Labute approximate surface area is 120 Å². The van der Waals surface area contributed by atoms with E-state index in [0.717, 1.165) is 31.3 Å². The largest absolute Gasteiger partial charge is 0.354 e. The molecule has 1 atom stereocenters. The van der Waals surface area contributed by atoms with E-state index >= 15 is 0 Å². The molecule has 1 N–H and O–H groups in total. The Morgan fingerprint density at radius 3 is 2.95 bits per heavy atom. The summed E-state index contributed by atoms with van der Waals surface area (Å²) in [4.78, 5) is 24.2. The minimum absolute atomic E-state index is 0.0372. The summed E-state index contributed by atoms with van der Waals surface area (Å²) >= 11 is 0. The number of hydrogen-bond donors (Lipinski definition) is 1. The highest BCUT2D eigenvalue weighted by Gasteiger charge is 2.29. The topological polar surface area (TPSA) is 52.2 Å². The number of aromatic amines is 1. The van der Waals surface area contributed by atoms with Crippen molar-refractivity contribution in [2.45, 2.75) is 45.1 Å². The van der Waals surface area contributed by atoms with Gasteiger partial charge in [-0.15, -0.1) is 0 Å². The molecule has 0 spiro atoms. The fourth-order valence-corrected chi connectivity index (χ4v) is 3.26. The van der Waals surface area contributed by atoms with Crippen molar-refractivity contribution in [3.8, 4) is 0 Å². The fourth-order valence-electron chi connectivity index (χ4n) is 3.26. The fraction of sp³-hybridized carbons (Fsp3) is 0.733. The van der Waals surface area contributed by atoms with Crippen LogP contribution in [0.3, 0.4) is 0 Å². The zero-order valence-electron chi connectivity index (χ0n) is 12.4. The number of rotatable bonds is 2.